The van der Waals surface area contributed by atoms with Crippen LogP contribution in [0.4, 0.5) is 23.3 Å². The predicted molar refractivity (Wildman–Crippen MR) is 369 cm³/mol. The fourth-order valence-corrected chi connectivity index (χ4v) is 12.2. The molecule has 0 bridgehead atoms. The highest BCUT2D eigenvalue weighted by molar-refractivity contribution is 6.04. The average Bonchev–Trinajstić information content (AvgIpc) is 1.64. The zero-order valence-corrected chi connectivity index (χ0v) is 54.0. The highest BCUT2D eigenvalue weighted by atomic mass is 16.5. The van der Waals surface area contributed by atoms with E-state index < -0.39 is 0 Å². The second-order valence-corrected chi connectivity index (χ2v) is 25.2. The smallest absolute Gasteiger partial charge is 0.256 e. The van der Waals surface area contributed by atoms with Crippen molar-refractivity contribution in [1.29, 1.82) is 0 Å². The zero-order chi connectivity index (χ0) is 65.5. The van der Waals surface area contributed by atoms with E-state index in [1.54, 1.807) is 93.6 Å². The average molecular weight is 1290 g/mol. The number of benzene rings is 4. The molecule has 8 heterocycles. The Kier molecular flexibility index (Phi) is 18.6. The number of rotatable bonds is 24. The molecule has 490 valence electrons. The summed E-state index contributed by atoms with van der Waals surface area (Å²) in [6, 6.07) is 42.5. The fourth-order valence-electron chi connectivity index (χ4n) is 12.2. The molecule has 2 atom stereocenters. The number of fused-ring (bicyclic) bond motifs is 2. The Balaban J connectivity index is 0.000000169. The molecular weight excluding hydrogens is 1210 g/mol. The monoisotopic (exact) mass is 1290 g/mol. The maximum Gasteiger partial charge on any atom is 0.256 e. The van der Waals surface area contributed by atoms with Crippen molar-refractivity contribution in [3.63, 3.8) is 0 Å². The number of amides is 3. The van der Waals surface area contributed by atoms with Gasteiger partial charge in [0.25, 0.3) is 11.8 Å². The molecule has 5 aliphatic rings. The molecule has 10 aromatic rings. The van der Waals surface area contributed by atoms with E-state index in [1.807, 2.05) is 105 Å². The number of ether oxygens (including phenoxy) is 4. The van der Waals surface area contributed by atoms with Gasteiger partial charge in [-0.05, 0) is 196 Å². The summed E-state index contributed by atoms with van der Waals surface area (Å²) in [5, 5.41) is 27.9. The second-order valence-electron chi connectivity index (χ2n) is 25.2. The number of carbonyl (C=O) groups excluding carboxylic acids is 3. The summed E-state index contributed by atoms with van der Waals surface area (Å²) in [5.41, 5.74) is 6.95. The van der Waals surface area contributed by atoms with Gasteiger partial charge < -0.3 is 50.4 Å². The van der Waals surface area contributed by atoms with E-state index in [0.29, 0.717) is 101 Å². The van der Waals surface area contributed by atoms with Gasteiger partial charge in [-0.1, -0.05) is 30.3 Å². The molecule has 0 spiro atoms. The van der Waals surface area contributed by atoms with E-state index >= 15 is 0 Å². The summed E-state index contributed by atoms with van der Waals surface area (Å²) in [7, 11) is 5.41. The number of nitrogens with zero attached hydrogens (tertiary/aromatic N) is 10. The third kappa shape index (κ3) is 15.3. The van der Waals surface area contributed by atoms with Gasteiger partial charge in [0.15, 0.2) is 22.9 Å². The minimum Gasteiger partial charge on any atom is -0.497 e. The molecule has 0 unspecified atom stereocenters. The van der Waals surface area contributed by atoms with Gasteiger partial charge in [0, 0.05) is 98.4 Å². The van der Waals surface area contributed by atoms with Crippen molar-refractivity contribution in [2.75, 3.05) is 75.3 Å². The van der Waals surface area contributed by atoms with Crippen LogP contribution in [0.5, 0.6) is 34.5 Å². The Hall–Kier alpha value is -10.7. The maximum atomic E-state index is 13.1. The van der Waals surface area contributed by atoms with Crippen LogP contribution in [-0.2, 0) is 17.9 Å². The van der Waals surface area contributed by atoms with Crippen molar-refractivity contribution in [1.82, 2.24) is 54.6 Å². The summed E-state index contributed by atoms with van der Waals surface area (Å²) in [6.07, 6.45) is 19.6. The minimum absolute atomic E-state index is 0.000616. The summed E-state index contributed by atoms with van der Waals surface area (Å²) in [5.74, 6) is 7.20. The molecule has 96 heavy (non-hydrogen) atoms. The lowest BCUT2D eigenvalue weighted by Crippen LogP contribution is -2.30. The van der Waals surface area contributed by atoms with Crippen molar-refractivity contribution >= 4 is 63.1 Å². The van der Waals surface area contributed by atoms with Crippen LogP contribution in [-0.4, -0.2) is 139 Å². The molecule has 4 aromatic carbocycles. The van der Waals surface area contributed by atoms with Crippen molar-refractivity contribution < 1.29 is 33.3 Å². The highest BCUT2D eigenvalue weighted by Crippen LogP contribution is 2.42. The number of anilines is 4. The molecular formula is C74H77N15O7. The summed E-state index contributed by atoms with van der Waals surface area (Å²) >= 11 is 0. The number of pyridine rings is 4. The molecule has 2 aliphatic heterocycles. The van der Waals surface area contributed by atoms with Crippen LogP contribution < -0.4 is 45.5 Å². The standard InChI is InChI=1S/C41H44N8O4.C33H33N7O3/c1-47(32-11-12-32)22-3-4-37(50)48-23-19-31(26-48)44-39-38-35(18-21-43-40(38)49(46-39)25-27-5-13-33(52-2)14-6-27)53-34-15-9-29(10-16-34)41(51)45-36-24-30(17-20-42-36)28-7-8-28;1-42-26-8-2-21(3-9-26)20-40-32-30(31(39-40)37-25-13-15-34-19-25)28(14-17-36-32)43-27-10-6-23(7-11-27)33(41)38-29-18-24(12-16-35-29)22-4-5-22/h3-6,9-10,13-18,20-21,24,28,31-32H,7-8,11-12,19,22-23,25-26H2,1-2H3,(H,44,46)(H,42,45,51);2-3,6-12,14,16-18,22,25,34H,4-5,13,15,19-20H2,1H3,(H,37,39)(H,35,38,41)/b4-3+;/t31-;25-/m11/s1. The minimum atomic E-state index is -0.236. The van der Waals surface area contributed by atoms with Gasteiger partial charge in [0.05, 0.1) is 27.3 Å². The van der Waals surface area contributed by atoms with Crippen LogP contribution in [0.15, 0.2) is 170 Å². The number of hydrogen-bond donors (Lipinski definition) is 5. The summed E-state index contributed by atoms with van der Waals surface area (Å²) in [4.78, 5) is 61.3. The lowest BCUT2D eigenvalue weighted by molar-refractivity contribution is -0.125. The molecule has 3 aliphatic carbocycles. The van der Waals surface area contributed by atoms with Crippen LogP contribution in [0.1, 0.15) is 106 Å². The van der Waals surface area contributed by atoms with Crippen LogP contribution >= 0.6 is 0 Å². The first-order valence-corrected chi connectivity index (χ1v) is 33.0. The number of likely N-dealkylation sites (N-methyl/N-ethyl adjacent to an activating group) is 1. The van der Waals surface area contributed by atoms with Gasteiger partial charge in [0.1, 0.15) is 56.9 Å². The largest absolute Gasteiger partial charge is 0.497 e. The Bertz CT molecular complexity index is 4430. The van der Waals surface area contributed by atoms with E-state index in [4.69, 9.17) is 34.1 Å². The van der Waals surface area contributed by atoms with Gasteiger partial charge in [0.2, 0.25) is 5.91 Å². The molecule has 6 aromatic heterocycles. The molecule has 22 heteroatoms. The number of aromatic nitrogens is 8. The van der Waals surface area contributed by atoms with E-state index in [0.717, 1.165) is 77.3 Å². The van der Waals surface area contributed by atoms with E-state index in [9.17, 15) is 14.4 Å². The van der Waals surface area contributed by atoms with Crippen molar-refractivity contribution in [2.45, 2.75) is 94.4 Å². The third-order valence-corrected chi connectivity index (χ3v) is 18.1. The lowest BCUT2D eigenvalue weighted by atomic mass is 10.1. The highest BCUT2D eigenvalue weighted by Gasteiger charge is 2.30. The van der Waals surface area contributed by atoms with Crippen molar-refractivity contribution in [3.05, 3.63) is 204 Å². The normalized spacial score (nSPS) is 16.7. The van der Waals surface area contributed by atoms with Gasteiger partial charge in [-0.15, -0.1) is 0 Å². The molecule has 3 amide bonds. The summed E-state index contributed by atoms with van der Waals surface area (Å²) < 4.78 is 27.3. The first kappa shape index (κ1) is 62.7. The van der Waals surface area contributed by atoms with Gasteiger partial charge in [-0.2, -0.15) is 10.2 Å². The van der Waals surface area contributed by atoms with E-state index in [-0.39, 0.29) is 29.8 Å². The topological polar surface area (TPSA) is 242 Å². The Morgan fingerprint density at radius 3 is 1.50 bits per heavy atom. The van der Waals surface area contributed by atoms with E-state index in [2.05, 4.69) is 53.5 Å². The third-order valence-electron chi connectivity index (χ3n) is 18.1. The Morgan fingerprint density at radius 1 is 0.562 bits per heavy atom. The zero-order valence-electron chi connectivity index (χ0n) is 54.0. The maximum absolute atomic E-state index is 13.1. The van der Waals surface area contributed by atoms with Crippen molar-refractivity contribution in [2.24, 2.45) is 0 Å². The van der Waals surface area contributed by atoms with Crippen LogP contribution in [0.3, 0.4) is 0 Å². The second kappa shape index (κ2) is 28.5. The predicted octanol–water partition coefficient (Wildman–Crippen LogP) is 12.0. The van der Waals surface area contributed by atoms with Crippen LogP contribution in [0.25, 0.3) is 22.1 Å². The fraction of sp³-hybridized carbons (Fsp3) is 0.311. The first-order chi connectivity index (χ1) is 47.0. The molecule has 3 saturated carbocycles. The van der Waals surface area contributed by atoms with Crippen molar-refractivity contribution in [3.8, 4) is 34.5 Å². The Morgan fingerprint density at radius 2 is 1.04 bits per heavy atom. The molecule has 0 radical (unpaired) electrons. The Labute approximate surface area is 556 Å². The molecule has 5 fully saturated rings. The molecule has 2 saturated heterocycles. The lowest BCUT2D eigenvalue weighted by Gasteiger charge is -2.16. The van der Waals surface area contributed by atoms with Gasteiger partial charge >= 0.3 is 0 Å². The molecule has 22 nitrogen and oxygen atoms in total. The SMILES string of the molecule is COc1ccc(Cn2nc(N[C@@H]3CCN(C(=O)/C=C/CN(C)C4CC4)C3)c3c(Oc4ccc(C(=O)Nc5cc(C6CC6)ccn5)cc4)ccnc32)cc1.COc1ccc(Cn2nc(N[C@@H]3CCNC3)c3c(Oc4ccc(C(=O)Nc5cc(C6CC6)ccn5)cc4)ccnc32)cc1. The first-order valence-electron chi connectivity index (χ1n) is 33.0. The van der Waals surface area contributed by atoms with E-state index in [1.165, 1.54) is 49.7 Å². The quantitative estimate of drug-likeness (QED) is 0.0353. The number of methoxy groups -OCH3 is 2. The molecule has 5 N–H and O–H groups in total. The van der Waals surface area contributed by atoms with Gasteiger partial charge in [-0.25, -0.2) is 29.3 Å². The number of hydrogen-bond acceptors (Lipinski definition) is 17. The summed E-state index contributed by atoms with van der Waals surface area (Å²) in [6.45, 7) is 4.86. The van der Waals surface area contributed by atoms with Crippen LogP contribution in [0.2, 0.25) is 0 Å². The molecule has 15 rings (SSSR count). The number of likely N-dealkylation sites (tertiary alicyclic amines) is 1. The number of carbonyl (C=O) groups is 3. The number of nitrogens with one attached hydrogen (secondary N) is 5. The van der Waals surface area contributed by atoms with Gasteiger partial charge in [-0.3, -0.25) is 19.3 Å². The van der Waals surface area contributed by atoms with Crippen LogP contribution in [0, 0.1) is 0 Å².